The number of amides is 4. The maximum absolute atomic E-state index is 12.4. The largest absolute Gasteiger partial charge is 0.335 e. The highest BCUT2D eigenvalue weighted by molar-refractivity contribution is 9.11. The number of urea groups is 1. The zero-order valence-corrected chi connectivity index (χ0v) is 13.1. The van der Waals surface area contributed by atoms with Gasteiger partial charge in [-0.1, -0.05) is 0 Å². The molecular weight excluding hydrogens is 346 g/mol. The molecule has 0 bridgehead atoms. The van der Waals surface area contributed by atoms with Crippen LogP contribution >= 0.6 is 27.3 Å². The first-order valence-electron chi connectivity index (χ1n) is 6.10. The van der Waals surface area contributed by atoms with E-state index in [-0.39, 0.29) is 18.4 Å². The number of carbonyl (C=O) groups excluding carboxylic acids is 3. The number of hydrogen-bond acceptors (Lipinski definition) is 4. The number of imide groups is 1. The zero-order chi connectivity index (χ0) is 14.5. The van der Waals surface area contributed by atoms with Gasteiger partial charge in [-0.25, -0.2) is 4.79 Å². The van der Waals surface area contributed by atoms with Crippen LogP contribution in [-0.2, 0) is 4.79 Å². The SMILES string of the molecule is Cc1cc(C(=O)N2CCC3(C2)NC(=O)NC3=O)sc1Br. The lowest BCUT2D eigenvalue weighted by Gasteiger charge is -2.20. The minimum Gasteiger partial charge on any atom is -0.335 e. The maximum Gasteiger partial charge on any atom is 0.322 e. The fourth-order valence-corrected chi connectivity index (χ4v) is 4.02. The van der Waals surface area contributed by atoms with Gasteiger partial charge in [0.25, 0.3) is 11.8 Å². The Morgan fingerprint density at radius 3 is 2.80 bits per heavy atom. The summed E-state index contributed by atoms with van der Waals surface area (Å²) in [4.78, 5) is 37.8. The summed E-state index contributed by atoms with van der Waals surface area (Å²) in [7, 11) is 0. The van der Waals surface area contributed by atoms with Gasteiger partial charge in [-0.2, -0.15) is 0 Å². The van der Waals surface area contributed by atoms with Crippen LogP contribution in [0.25, 0.3) is 0 Å². The maximum atomic E-state index is 12.4. The molecule has 20 heavy (non-hydrogen) atoms. The highest BCUT2D eigenvalue weighted by Gasteiger charge is 2.51. The Labute approximate surface area is 127 Å². The summed E-state index contributed by atoms with van der Waals surface area (Å²) in [6, 6.07) is 1.34. The van der Waals surface area contributed by atoms with Crippen molar-refractivity contribution in [2.24, 2.45) is 0 Å². The van der Waals surface area contributed by atoms with Crippen molar-refractivity contribution in [3.8, 4) is 0 Å². The molecule has 6 nitrogen and oxygen atoms in total. The van der Waals surface area contributed by atoms with Gasteiger partial charge in [0.1, 0.15) is 5.54 Å². The van der Waals surface area contributed by atoms with Crippen LogP contribution in [0.5, 0.6) is 0 Å². The van der Waals surface area contributed by atoms with Crippen molar-refractivity contribution < 1.29 is 14.4 Å². The number of thiophene rings is 1. The van der Waals surface area contributed by atoms with E-state index in [0.29, 0.717) is 17.8 Å². The van der Waals surface area contributed by atoms with E-state index in [0.717, 1.165) is 9.35 Å². The predicted molar refractivity (Wildman–Crippen MR) is 76.7 cm³/mol. The zero-order valence-electron chi connectivity index (χ0n) is 10.7. The standard InChI is InChI=1S/C12H12BrN3O3S/c1-6-4-7(20-8(6)13)9(17)16-3-2-12(5-16)10(18)14-11(19)15-12/h4H,2-3,5H2,1H3,(H2,14,15,18,19). The van der Waals surface area contributed by atoms with Gasteiger partial charge < -0.3 is 10.2 Å². The summed E-state index contributed by atoms with van der Waals surface area (Å²) in [5.74, 6) is -0.448. The molecule has 0 aliphatic carbocycles. The molecule has 1 aromatic heterocycles. The minimum absolute atomic E-state index is 0.102. The molecule has 2 saturated heterocycles. The number of likely N-dealkylation sites (tertiary alicyclic amines) is 1. The van der Waals surface area contributed by atoms with E-state index < -0.39 is 11.6 Å². The van der Waals surface area contributed by atoms with Crippen molar-refractivity contribution in [3.05, 3.63) is 20.3 Å². The highest BCUT2D eigenvalue weighted by Crippen LogP contribution is 2.31. The van der Waals surface area contributed by atoms with Crippen LogP contribution in [0.4, 0.5) is 4.79 Å². The Balaban J connectivity index is 1.79. The minimum atomic E-state index is -0.948. The van der Waals surface area contributed by atoms with Crippen LogP contribution in [0, 0.1) is 6.92 Å². The van der Waals surface area contributed by atoms with Crippen LogP contribution in [0.3, 0.4) is 0 Å². The molecule has 0 radical (unpaired) electrons. The number of nitrogens with one attached hydrogen (secondary N) is 2. The second-order valence-corrected chi connectivity index (χ2v) is 7.40. The number of nitrogens with zero attached hydrogens (tertiary/aromatic N) is 1. The van der Waals surface area contributed by atoms with E-state index in [1.54, 1.807) is 4.90 Å². The molecule has 1 unspecified atom stereocenters. The lowest BCUT2D eigenvalue weighted by atomic mass is 10.00. The van der Waals surface area contributed by atoms with E-state index >= 15 is 0 Å². The molecule has 1 atom stereocenters. The van der Waals surface area contributed by atoms with Crippen LogP contribution in [0.1, 0.15) is 21.7 Å². The molecule has 2 aliphatic heterocycles. The number of aryl methyl sites for hydroxylation is 1. The third-order valence-corrected chi connectivity index (χ3v) is 5.76. The number of rotatable bonds is 1. The molecule has 3 rings (SSSR count). The summed E-state index contributed by atoms with van der Waals surface area (Å²) in [5.41, 5.74) is 0.0650. The van der Waals surface area contributed by atoms with Gasteiger partial charge in [0.05, 0.1) is 15.2 Å². The van der Waals surface area contributed by atoms with Crippen LogP contribution < -0.4 is 10.6 Å². The smallest absolute Gasteiger partial charge is 0.322 e. The highest BCUT2D eigenvalue weighted by atomic mass is 79.9. The summed E-state index contributed by atoms with van der Waals surface area (Å²) >= 11 is 4.78. The quantitative estimate of drug-likeness (QED) is 0.742. The van der Waals surface area contributed by atoms with Crippen molar-refractivity contribution in [2.45, 2.75) is 18.9 Å². The van der Waals surface area contributed by atoms with Crippen molar-refractivity contribution in [1.82, 2.24) is 15.5 Å². The average molecular weight is 358 g/mol. The fourth-order valence-electron chi connectivity index (χ4n) is 2.52. The van der Waals surface area contributed by atoms with E-state index in [4.69, 9.17) is 0 Å². The Kier molecular flexibility index (Phi) is 3.09. The molecule has 0 saturated carbocycles. The first kappa shape index (κ1) is 13.6. The average Bonchev–Trinajstić information content (AvgIpc) is 3.02. The van der Waals surface area contributed by atoms with Crippen LogP contribution in [-0.4, -0.2) is 41.4 Å². The van der Waals surface area contributed by atoms with Gasteiger partial charge in [0.2, 0.25) is 0 Å². The fraction of sp³-hybridized carbons (Fsp3) is 0.417. The molecule has 8 heteroatoms. The molecule has 106 valence electrons. The molecule has 2 fully saturated rings. The van der Waals surface area contributed by atoms with Gasteiger partial charge in [0, 0.05) is 6.54 Å². The topological polar surface area (TPSA) is 78.5 Å². The summed E-state index contributed by atoms with van der Waals surface area (Å²) in [5, 5.41) is 4.86. The molecule has 3 heterocycles. The van der Waals surface area contributed by atoms with Crippen molar-refractivity contribution >= 4 is 45.1 Å². The first-order chi connectivity index (χ1) is 9.41. The van der Waals surface area contributed by atoms with Crippen molar-refractivity contribution in [1.29, 1.82) is 0 Å². The van der Waals surface area contributed by atoms with Gasteiger partial charge >= 0.3 is 6.03 Å². The van der Waals surface area contributed by atoms with Crippen LogP contribution in [0.15, 0.2) is 9.85 Å². The lowest BCUT2D eigenvalue weighted by Crippen LogP contribution is -2.49. The third-order valence-electron chi connectivity index (χ3n) is 3.64. The predicted octanol–water partition coefficient (Wildman–Crippen LogP) is 1.24. The number of carbonyl (C=O) groups is 3. The van der Waals surface area contributed by atoms with E-state index in [9.17, 15) is 14.4 Å². The molecule has 2 N–H and O–H groups in total. The van der Waals surface area contributed by atoms with Gasteiger partial charge in [-0.15, -0.1) is 11.3 Å². The Hall–Kier alpha value is -1.41. The molecule has 2 aliphatic rings. The van der Waals surface area contributed by atoms with Crippen LogP contribution in [0.2, 0.25) is 0 Å². The van der Waals surface area contributed by atoms with E-state index in [2.05, 4.69) is 26.6 Å². The Bertz CT molecular complexity index is 610. The third kappa shape index (κ3) is 2.03. The summed E-state index contributed by atoms with van der Waals surface area (Å²) in [6.45, 7) is 2.60. The Morgan fingerprint density at radius 1 is 1.50 bits per heavy atom. The van der Waals surface area contributed by atoms with Crippen molar-refractivity contribution in [2.75, 3.05) is 13.1 Å². The van der Waals surface area contributed by atoms with Gasteiger partial charge in [-0.3, -0.25) is 14.9 Å². The lowest BCUT2D eigenvalue weighted by molar-refractivity contribution is -0.123. The molecule has 1 spiro atoms. The summed E-state index contributed by atoms with van der Waals surface area (Å²) in [6.07, 6.45) is 0.446. The number of hydrogen-bond donors (Lipinski definition) is 2. The molecule has 4 amide bonds. The van der Waals surface area contributed by atoms with Gasteiger partial charge in [0.15, 0.2) is 0 Å². The van der Waals surface area contributed by atoms with E-state index in [1.807, 2.05) is 13.0 Å². The monoisotopic (exact) mass is 357 g/mol. The number of halogens is 1. The molecular formula is C12H12BrN3O3S. The molecule has 0 aromatic carbocycles. The van der Waals surface area contributed by atoms with Gasteiger partial charge in [-0.05, 0) is 40.9 Å². The molecule has 1 aromatic rings. The second kappa shape index (κ2) is 4.56. The van der Waals surface area contributed by atoms with Crippen molar-refractivity contribution in [3.63, 3.8) is 0 Å². The first-order valence-corrected chi connectivity index (χ1v) is 7.71. The second-order valence-electron chi connectivity index (χ2n) is 5.03. The van der Waals surface area contributed by atoms with E-state index in [1.165, 1.54) is 11.3 Å². The summed E-state index contributed by atoms with van der Waals surface area (Å²) < 4.78 is 0.932. The Morgan fingerprint density at radius 2 is 2.25 bits per heavy atom. The normalized spacial score (nSPS) is 25.2.